The van der Waals surface area contributed by atoms with Gasteiger partial charge in [0, 0.05) is 29.4 Å². The van der Waals surface area contributed by atoms with E-state index in [-0.39, 0.29) is 18.4 Å². The highest BCUT2D eigenvalue weighted by Gasteiger charge is 2.12. The summed E-state index contributed by atoms with van der Waals surface area (Å²) < 4.78 is 11.4. The Kier molecular flexibility index (Phi) is 6.55. The van der Waals surface area contributed by atoms with Crippen molar-refractivity contribution in [3.8, 4) is 11.5 Å². The summed E-state index contributed by atoms with van der Waals surface area (Å²) >= 11 is 0. The van der Waals surface area contributed by atoms with Gasteiger partial charge in [0.2, 0.25) is 5.91 Å². The van der Waals surface area contributed by atoms with Gasteiger partial charge < -0.3 is 20.1 Å². The Labute approximate surface area is 192 Å². The molecule has 33 heavy (non-hydrogen) atoms. The predicted octanol–water partition coefficient (Wildman–Crippen LogP) is 5.64. The Morgan fingerprint density at radius 2 is 1.48 bits per heavy atom. The fourth-order valence-corrected chi connectivity index (χ4v) is 3.49. The van der Waals surface area contributed by atoms with Gasteiger partial charge in [-0.3, -0.25) is 9.59 Å². The van der Waals surface area contributed by atoms with E-state index < -0.39 is 0 Å². The van der Waals surface area contributed by atoms with Crippen molar-refractivity contribution < 1.29 is 19.1 Å². The minimum absolute atomic E-state index is 0.150. The Bertz CT molecular complexity index is 1300. The van der Waals surface area contributed by atoms with Crippen LogP contribution in [-0.2, 0) is 11.4 Å². The topological polar surface area (TPSA) is 76.7 Å². The molecule has 0 aliphatic heterocycles. The van der Waals surface area contributed by atoms with Crippen LogP contribution in [0.3, 0.4) is 0 Å². The molecule has 0 saturated heterocycles. The molecular formula is C27H24N2O4. The first-order chi connectivity index (χ1) is 16.0. The number of anilines is 2. The first-order valence-corrected chi connectivity index (χ1v) is 10.5. The number of hydrogen-bond acceptors (Lipinski definition) is 4. The zero-order chi connectivity index (χ0) is 23.2. The molecule has 2 amide bonds. The Balaban J connectivity index is 1.47. The van der Waals surface area contributed by atoms with Crippen molar-refractivity contribution in [3.05, 3.63) is 96.1 Å². The van der Waals surface area contributed by atoms with Crippen LogP contribution in [0.25, 0.3) is 10.8 Å². The summed E-state index contributed by atoms with van der Waals surface area (Å²) in [5.41, 5.74) is 2.54. The van der Waals surface area contributed by atoms with Crippen LogP contribution in [0.5, 0.6) is 11.5 Å². The standard InChI is InChI=1S/C27H24N2O4/c1-18(30)28-23-9-11-24(12-10-23)29-27(31)21-8-14-26(32-2)22(15-21)17-33-25-13-7-19-5-3-4-6-20(19)16-25/h3-16H,17H2,1-2H3,(H,28,30)(H,29,31). The molecule has 166 valence electrons. The summed E-state index contributed by atoms with van der Waals surface area (Å²) in [4.78, 5) is 23.9. The highest BCUT2D eigenvalue weighted by Crippen LogP contribution is 2.25. The number of fused-ring (bicyclic) bond motifs is 1. The lowest BCUT2D eigenvalue weighted by molar-refractivity contribution is -0.114. The summed E-state index contributed by atoms with van der Waals surface area (Å²) in [6, 6.07) is 26.2. The van der Waals surface area contributed by atoms with E-state index in [4.69, 9.17) is 9.47 Å². The van der Waals surface area contributed by atoms with E-state index in [9.17, 15) is 9.59 Å². The van der Waals surface area contributed by atoms with Gasteiger partial charge in [0.05, 0.1) is 7.11 Å². The first kappa shape index (κ1) is 21.9. The Hall–Kier alpha value is -4.32. The molecule has 4 rings (SSSR count). The number of amides is 2. The fraction of sp³-hybridized carbons (Fsp3) is 0.111. The maximum absolute atomic E-state index is 12.8. The number of carbonyl (C=O) groups excluding carboxylic acids is 2. The lowest BCUT2D eigenvalue weighted by Gasteiger charge is -2.13. The predicted molar refractivity (Wildman–Crippen MR) is 130 cm³/mol. The molecule has 0 saturated carbocycles. The van der Waals surface area contributed by atoms with Crippen LogP contribution < -0.4 is 20.1 Å². The number of carbonyl (C=O) groups is 2. The van der Waals surface area contributed by atoms with Gasteiger partial charge in [-0.05, 0) is 65.4 Å². The summed E-state index contributed by atoms with van der Waals surface area (Å²) in [5.74, 6) is 0.984. The summed E-state index contributed by atoms with van der Waals surface area (Å²) in [6.45, 7) is 1.70. The average Bonchev–Trinajstić information content (AvgIpc) is 2.83. The highest BCUT2D eigenvalue weighted by molar-refractivity contribution is 6.04. The van der Waals surface area contributed by atoms with E-state index in [1.54, 1.807) is 49.6 Å². The second kappa shape index (κ2) is 9.87. The number of ether oxygens (including phenoxy) is 2. The second-order valence-corrected chi connectivity index (χ2v) is 7.54. The van der Waals surface area contributed by atoms with E-state index in [2.05, 4.69) is 16.7 Å². The molecule has 0 bridgehead atoms. The van der Waals surface area contributed by atoms with Gasteiger partial charge in [0.15, 0.2) is 0 Å². The molecule has 0 aromatic heterocycles. The molecule has 0 heterocycles. The van der Waals surface area contributed by atoms with Crippen molar-refractivity contribution in [2.75, 3.05) is 17.7 Å². The molecule has 0 atom stereocenters. The monoisotopic (exact) mass is 440 g/mol. The van der Waals surface area contributed by atoms with Crippen molar-refractivity contribution in [1.82, 2.24) is 0 Å². The summed E-state index contributed by atoms with van der Waals surface area (Å²) in [7, 11) is 1.59. The van der Waals surface area contributed by atoms with Gasteiger partial charge in [0.25, 0.3) is 5.91 Å². The van der Waals surface area contributed by atoms with E-state index >= 15 is 0 Å². The summed E-state index contributed by atoms with van der Waals surface area (Å²) in [6.07, 6.45) is 0. The largest absolute Gasteiger partial charge is 0.496 e. The number of hydrogen-bond donors (Lipinski definition) is 2. The second-order valence-electron chi connectivity index (χ2n) is 7.54. The van der Waals surface area contributed by atoms with Crippen LogP contribution in [0.1, 0.15) is 22.8 Å². The molecule has 0 unspecified atom stereocenters. The number of methoxy groups -OCH3 is 1. The van der Waals surface area contributed by atoms with Crippen LogP contribution in [0.4, 0.5) is 11.4 Å². The first-order valence-electron chi connectivity index (χ1n) is 10.5. The molecular weight excluding hydrogens is 416 g/mol. The molecule has 6 heteroatoms. The third-order valence-corrected chi connectivity index (χ3v) is 5.12. The lowest BCUT2D eigenvalue weighted by atomic mass is 10.1. The number of benzene rings is 4. The Morgan fingerprint density at radius 1 is 0.788 bits per heavy atom. The third kappa shape index (κ3) is 5.49. The molecule has 4 aromatic rings. The smallest absolute Gasteiger partial charge is 0.255 e. The molecule has 0 aliphatic rings. The third-order valence-electron chi connectivity index (χ3n) is 5.12. The number of rotatable bonds is 7. The van der Waals surface area contributed by atoms with Crippen LogP contribution >= 0.6 is 0 Å². The maximum Gasteiger partial charge on any atom is 0.255 e. The number of nitrogens with one attached hydrogen (secondary N) is 2. The molecule has 0 fully saturated rings. The van der Waals surface area contributed by atoms with Crippen LogP contribution in [0, 0.1) is 0 Å². The van der Waals surface area contributed by atoms with E-state index in [1.165, 1.54) is 6.92 Å². The molecule has 6 nitrogen and oxygen atoms in total. The normalized spacial score (nSPS) is 10.5. The van der Waals surface area contributed by atoms with E-state index in [0.29, 0.717) is 22.7 Å². The van der Waals surface area contributed by atoms with Gasteiger partial charge in [-0.1, -0.05) is 30.3 Å². The Morgan fingerprint density at radius 3 is 2.18 bits per heavy atom. The summed E-state index contributed by atoms with van der Waals surface area (Å²) in [5, 5.41) is 7.80. The highest BCUT2D eigenvalue weighted by atomic mass is 16.5. The van der Waals surface area contributed by atoms with Crippen molar-refractivity contribution >= 4 is 34.0 Å². The van der Waals surface area contributed by atoms with Crippen LogP contribution in [0.2, 0.25) is 0 Å². The fourth-order valence-electron chi connectivity index (χ4n) is 3.49. The van der Waals surface area contributed by atoms with Gasteiger partial charge in [-0.25, -0.2) is 0 Å². The van der Waals surface area contributed by atoms with E-state index in [1.807, 2.05) is 36.4 Å². The molecule has 0 spiro atoms. The lowest BCUT2D eigenvalue weighted by Crippen LogP contribution is -2.13. The minimum atomic E-state index is -0.253. The molecule has 4 aromatic carbocycles. The maximum atomic E-state index is 12.8. The van der Waals surface area contributed by atoms with Crippen molar-refractivity contribution in [1.29, 1.82) is 0 Å². The van der Waals surface area contributed by atoms with Gasteiger partial charge in [0.1, 0.15) is 18.1 Å². The van der Waals surface area contributed by atoms with Gasteiger partial charge >= 0.3 is 0 Å². The van der Waals surface area contributed by atoms with Crippen molar-refractivity contribution in [2.45, 2.75) is 13.5 Å². The van der Waals surface area contributed by atoms with Crippen molar-refractivity contribution in [3.63, 3.8) is 0 Å². The SMILES string of the molecule is COc1ccc(C(=O)Nc2ccc(NC(C)=O)cc2)cc1COc1ccc2ccccc2c1. The van der Waals surface area contributed by atoms with Crippen LogP contribution in [0.15, 0.2) is 84.9 Å². The van der Waals surface area contributed by atoms with Crippen molar-refractivity contribution in [2.24, 2.45) is 0 Å². The molecule has 2 N–H and O–H groups in total. The molecule has 0 radical (unpaired) electrons. The zero-order valence-corrected chi connectivity index (χ0v) is 18.4. The molecule has 0 aliphatic carbocycles. The minimum Gasteiger partial charge on any atom is -0.496 e. The quantitative estimate of drug-likeness (QED) is 0.390. The zero-order valence-electron chi connectivity index (χ0n) is 18.4. The average molecular weight is 440 g/mol. The van der Waals surface area contributed by atoms with Crippen LogP contribution in [-0.4, -0.2) is 18.9 Å². The van der Waals surface area contributed by atoms with E-state index in [0.717, 1.165) is 22.1 Å². The van der Waals surface area contributed by atoms with Gasteiger partial charge in [-0.15, -0.1) is 0 Å². The van der Waals surface area contributed by atoms with Gasteiger partial charge in [-0.2, -0.15) is 0 Å².